The molecule has 0 spiro atoms. The van der Waals surface area contributed by atoms with Crippen LogP contribution in [0.5, 0.6) is 0 Å². The van der Waals surface area contributed by atoms with Gasteiger partial charge in [-0.3, -0.25) is 9.36 Å². The number of para-hydroxylation sites is 3. The molecule has 2 aromatic carbocycles. The normalized spacial score (nSPS) is 11.3. The molecule has 0 radical (unpaired) electrons. The van der Waals surface area contributed by atoms with Crippen LogP contribution in [0.1, 0.15) is 43.0 Å². The van der Waals surface area contributed by atoms with Gasteiger partial charge in [0.2, 0.25) is 0 Å². The number of carbonyl (C=O) groups excluding carboxylic acids is 1. The molecule has 4 aromatic rings. The lowest BCUT2D eigenvalue weighted by atomic mass is 10.2. The van der Waals surface area contributed by atoms with E-state index >= 15 is 0 Å². The Morgan fingerprint density at radius 2 is 1.73 bits per heavy atom. The maximum absolute atomic E-state index is 14.6. The van der Waals surface area contributed by atoms with Gasteiger partial charge in [0.25, 0.3) is 5.91 Å². The predicted molar refractivity (Wildman–Crippen MR) is 117 cm³/mol. The van der Waals surface area contributed by atoms with E-state index in [4.69, 9.17) is 5.73 Å². The molecule has 0 aliphatic carbocycles. The smallest absolute Gasteiger partial charge is 0.257 e. The van der Waals surface area contributed by atoms with Crippen LogP contribution < -0.4 is 11.1 Å². The summed E-state index contributed by atoms with van der Waals surface area (Å²) >= 11 is 0. The van der Waals surface area contributed by atoms with Crippen molar-refractivity contribution in [2.45, 2.75) is 32.6 Å². The van der Waals surface area contributed by atoms with Gasteiger partial charge < -0.3 is 11.1 Å². The number of fused-ring (bicyclic) bond motifs is 2. The molecule has 4 rings (SSSR count). The first-order valence-electron chi connectivity index (χ1n) is 10.2. The molecule has 0 saturated carbocycles. The molecule has 7 heteroatoms. The van der Waals surface area contributed by atoms with Crippen molar-refractivity contribution in [3.63, 3.8) is 0 Å². The zero-order chi connectivity index (χ0) is 21.1. The molecule has 0 aliphatic heterocycles. The zero-order valence-corrected chi connectivity index (χ0v) is 16.9. The minimum absolute atomic E-state index is 0.122. The molecule has 6 nitrogen and oxygen atoms in total. The van der Waals surface area contributed by atoms with Gasteiger partial charge in [-0.1, -0.05) is 50.5 Å². The van der Waals surface area contributed by atoms with Crippen molar-refractivity contribution in [2.75, 3.05) is 12.3 Å². The minimum atomic E-state index is -0.456. The number of unbranched alkanes of at least 4 members (excludes halogenated alkanes) is 3. The second-order valence-electron chi connectivity index (χ2n) is 7.25. The van der Waals surface area contributed by atoms with E-state index in [9.17, 15) is 9.18 Å². The molecule has 1 amide bonds. The van der Waals surface area contributed by atoms with Crippen molar-refractivity contribution < 1.29 is 9.18 Å². The Morgan fingerprint density at radius 3 is 2.47 bits per heavy atom. The van der Waals surface area contributed by atoms with Crippen molar-refractivity contribution >= 4 is 33.9 Å². The van der Waals surface area contributed by atoms with Crippen LogP contribution >= 0.6 is 0 Å². The fraction of sp³-hybridized carbons (Fsp3) is 0.261. The summed E-state index contributed by atoms with van der Waals surface area (Å²) in [7, 11) is 0. The molecule has 2 heterocycles. The Morgan fingerprint density at radius 1 is 1.03 bits per heavy atom. The standard InChI is InChI=1S/C23H24FN5O/c1-2-3-4-9-14-26-23(30)19-20-22(28-17-12-7-6-11-16(17)27-20)29(21(19)25)18-13-8-5-10-15(18)24/h5-8,10-13H,2-4,9,14,25H2,1H3,(H,26,30). The second-order valence-corrected chi connectivity index (χ2v) is 7.25. The number of hydrogen-bond donors (Lipinski definition) is 2. The number of halogens is 1. The quantitative estimate of drug-likeness (QED) is 0.440. The highest BCUT2D eigenvalue weighted by Gasteiger charge is 2.25. The highest BCUT2D eigenvalue weighted by atomic mass is 19.1. The molecule has 154 valence electrons. The zero-order valence-electron chi connectivity index (χ0n) is 16.9. The number of nitrogen functional groups attached to an aromatic ring is 1. The summed E-state index contributed by atoms with van der Waals surface area (Å²) in [5.41, 5.74) is 8.85. The molecular weight excluding hydrogens is 381 g/mol. The number of amides is 1. The number of aromatic nitrogens is 3. The van der Waals surface area contributed by atoms with E-state index in [0.29, 0.717) is 28.7 Å². The van der Waals surface area contributed by atoms with Gasteiger partial charge in [-0.2, -0.15) is 0 Å². The van der Waals surface area contributed by atoms with Crippen LogP contribution in [0.25, 0.3) is 27.9 Å². The van der Waals surface area contributed by atoms with Crippen LogP contribution in [0.3, 0.4) is 0 Å². The first kappa shape index (κ1) is 19.8. The maximum Gasteiger partial charge on any atom is 0.257 e. The third-order valence-corrected chi connectivity index (χ3v) is 5.13. The average molecular weight is 405 g/mol. The maximum atomic E-state index is 14.6. The predicted octanol–water partition coefficient (Wildman–Crippen LogP) is 4.61. The van der Waals surface area contributed by atoms with E-state index < -0.39 is 5.82 Å². The number of rotatable bonds is 7. The Kier molecular flexibility index (Phi) is 5.61. The van der Waals surface area contributed by atoms with Crippen molar-refractivity contribution in [1.29, 1.82) is 0 Å². The Labute approximate surface area is 173 Å². The molecule has 0 bridgehead atoms. The van der Waals surface area contributed by atoms with Gasteiger partial charge in [-0.05, 0) is 30.7 Å². The SMILES string of the molecule is CCCCCCNC(=O)c1c(N)n(-c2ccccc2F)c2nc3ccccc3nc12. The van der Waals surface area contributed by atoms with Gasteiger partial charge in [0.05, 0.1) is 16.7 Å². The largest absolute Gasteiger partial charge is 0.384 e. The molecule has 3 N–H and O–H groups in total. The van der Waals surface area contributed by atoms with Crippen molar-refractivity contribution in [2.24, 2.45) is 0 Å². The van der Waals surface area contributed by atoms with E-state index in [1.807, 2.05) is 24.3 Å². The van der Waals surface area contributed by atoms with Crippen LogP contribution in [-0.2, 0) is 0 Å². The molecule has 0 atom stereocenters. The first-order valence-corrected chi connectivity index (χ1v) is 10.2. The number of nitrogens with two attached hydrogens (primary N) is 1. The molecule has 2 aromatic heterocycles. The highest BCUT2D eigenvalue weighted by Crippen LogP contribution is 2.31. The number of hydrogen-bond acceptors (Lipinski definition) is 4. The van der Waals surface area contributed by atoms with Crippen molar-refractivity contribution in [3.8, 4) is 5.69 Å². The van der Waals surface area contributed by atoms with Gasteiger partial charge in [-0.15, -0.1) is 0 Å². The summed E-state index contributed by atoms with van der Waals surface area (Å²) in [6, 6.07) is 13.6. The van der Waals surface area contributed by atoms with Crippen molar-refractivity contribution in [1.82, 2.24) is 19.9 Å². The van der Waals surface area contributed by atoms with Crippen LogP contribution in [-0.4, -0.2) is 27.0 Å². The van der Waals surface area contributed by atoms with Crippen LogP contribution in [0, 0.1) is 5.82 Å². The summed E-state index contributed by atoms with van der Waals surface area (Å²) in [6.45, 7) is 2.69. The third kappa shape index (κ3) is 3.58. The molecule has 0 fully saturated rings. The fourth-order valence-electron chi connectivity index (χ4n) is 3.60. The molecule has 30 heavy (non-hydrogen) atoms. The Hall–Kier alpha value is -3.48. The summed E-state index contributed by atoms with van der Waals surface area (Å²) in [5, 5.41) is 2.92. The van der Waals surface area contributed by atoms with Crippen LogP contribution in [0.4, 0.5) is 10.2 Å². The monoisotopic (exact) mass is 405 g/mol. The van der Waals surface area contributed by atoms with Gasteiger partial charge in [0.15, 0.2) is 5.65 Å². The summed E-state index contributed by atoms with van der Waals surface area (Å²) in [6.07, 6.45) is 4.19. The van der Waals surface area contributed by atoms with E-state index in [1.54, 1.807) is 18.2 Å². The first-order chi connectivity index (χ1) is 14.6. The lowest BCUT2D eigenvalue weighted by Crippen LogP contribution is -2.25. The number of carbonyl (C=O) groups is 1. The van der Waals surface area contributed by atoms with Gasteiger partial charge in [0, 0.05) is 6.54 Å². The lowest BCUT2D eigenvalue weighted by molar-refractivity contribution is 0.0955. The van der Waals surface area contributed by atoms with E-state index in [-0.39, 0.29) is 23.0 Å². The van der Waals surface area contributed by atoms with Crippen LogP contribution in [0.2, 0.25) is 0 Å². The summed E-state index contributed by atoms with van der Waals surface area (Å²) < 4.78 is 16.1. The molecular formula is C23H24FN5O. The van der Waals surface area contributed by atoms with E-state index in [2.05, 4.69) is 22.2 Å². The van der Waals surface area contributed by atoms with Gasteiger partial charge in [0.1, 0.15) is 22.7 Å². The fourth-order valence-corrected chi connectivity index (χ4v) is 3.60. The van der Waals surface area contributed by atoms with Crippen molar-refractivity contribution in [3.05, 3.63) is 59.9 Å². The van der Waals surface area contributed by atoms with Gasteiger partial charge >= 0.3 is 0 Å². The van der Waals surface area contributed by atoms with E-state index in [0.717, 1.165) is 25.7 Å². The minimum Gasteiger partial charge on any atom is -0.384 e. The molecule has 0 saturated heterocycles. The summed E-state index contributed by atoms with van der Waals surface area (Å²) in [5.74, 6) is -0.660. The Balaban J connectivity index is 1.85. The molecule has 0 unspecified atom stereocenters. The third-order valence-electron chi connectivity index (χ3n) is 5.13. The average Bonchev–Trinajstić information content (AvgIpc) is 3.03. The van der Waals surface area contributed by atoms with E-state index in [1.165, 1.54) is 10.6 Å². The molecule has 0 aliphatic rings. The lowest BCUT2D eigenvalue weighted by Gasteiger charge is -2.09. The van der Waals surface area contributed by atoms with Crippen LogP contribution in [0.15, 0.2) is 48.5 Å². The topological polar surface area (TPSA) is 85.8 Å². The second kappa shape index (κ2) is 8.49. The highest BCUT2D eigenvalue weighted by molar-refractivity contribution is 6.11. The number of benzene rings is 2. The number of nitrogens with one attached hydrogen (secondary N) is 1. The summed E-state index contributed by atoms with van der Waals surface area (Å²) in [4.78, 5) is 22.3. The number of nitrogens with zero attached hydrogens (tertiary/aromatic N) is 3. The Bertz CT molecular complexity index is 1220. The van der Waals surface area contributed by atoms with Gasteiger partial charge in [-0.25, -0.2) is 14.4 Å². The number of anilines is 1.